The summed E-state index contributed by atoms with van der Waals surface area (Å²) in [7, 11) is 1.93. The van der Waals surface area contributed by atoms with Crippen molar-refractivity contribution in [1.29, 1.82) is 0 Å². The van der Waals surface area contributed by atoms with Gasteiger partial charge in [-0.1, -0.05) is 48.0 Å². The molecule has 2 nitrogen and oxygen atoms in total. The fourth-order valence-corrected chi connectivity index (χ4v) is 2.76. The molecule has 0 saturated heterocycles. The van der Waals surface area contributed by atoms with E-state index in [1.165, 1.54) is 0 Å². The van der Waals surface area contributed by atoms with Gasteiger partial charge in [-0.25, -0.2) is 4.98 Å². The number of nitrogens with one attached hydrogen (secondary N) is 1. The van der Waals surface area contributed by atoms with Crippen LogP contribution < -0.4 is 5.32 Å². The monoisotopic (exact) mass is 296 g/mol. The number of para-hydroxylation sites is 1. The van der Waals surface area contributed by atoms with Crippen molar-refractivity contribution in [2.75, 3.05) is 7.05 Å². The minimum atomic E-state index is 0.233. The number of fused-ring (bicyclic) bond motifs is 1. The molecule has 1 N–H and O–H groups in total. The van der Waals surface area contributed by atoms with Gasteiger partial charge in [0.15, 0.2) is 0 Å². The highest BCUT2D eigenvalue weighted by molar-refractivity contribution is 6.31. The lowest BCUT2D eigenvalue weighted by Crippen LogP contribution is -2.12. The molecular weight excluding hydrogens is 280 g/mol. The minimum absolute atomic E-state index is 0.233. The summed E-state index contributed by atoms with van der Waals surface area (Å²) in [5.41, 5.74) is 4.08. The second-order valence-corrected chi connectivity index (χ2v) is 5.54. The molecule has 0 bridgehead atoms. The van der Waals surface area contributed by atoms with Crippen molar-refractivity contribution in [3.05, 3.63) is 65.2 Å². The third kappa shape index (κ3) is 2.78. The molecule has 0 aliphatic carbocycles. The highest BCUT2D eigenvalue weighted by atomic mass is 35.5. The Morgan fingerprint density at radius 1 is 1.05 bits per heavy atom. The molecule has 0 fully saturated rings. The average molecular weight is 297 g/mol. The summed E-state index contributed by atoms with van der Waals surface area (Å²) in [6.07, 6.45) is 0. The Morgan fingerprint density at radius 2 is 1.86 bits per heavy atom. The first-order chi connectivity index (χ1) is 10.2. The first kappa shape index (κ1) is 14.1. The summed E-state index contributed by atoms with van der Waals surface area (Å²) >= 11 is 6.40. The molecular formula is C18H17ClN2. The molecule has 3 heteroatoms. The molecule has 3 rings (SSSR count). The third-order valence-corrected chi connectivity index (χ3v) is 4.12. The van der Waals surface area contributed by atoms with Crippen LogP contribution in [0.4, 0.5) is 0 Å². The van der Waals surface area contributed by atoms with Crippen molar-refractivity contribution in [3.8, 4) is 11.3 Å². The van der Waals surface area contributed by atoms with Gasteiger partial charge in [-0.3, -0.25) is 0 Å². The van der Waals surface area contributed by atoms with Gasteiger partial charge in [-0.05, 0) is 37.7 Å². The Morgan fingerprint density at radius 3 is 2.62 bits per heavy atom. The highest BCUT2D eigenvalue weighted by Crippen LogP contribution is 2.29. The molecule has 21 heavy (non-hydrogen) atoms. The van der Waals surface area contributed by atoms with Gasteiger partial charge in [0.2, 0.25) is 0 Å². The smallest absolute Gasteiger partial charge is 0.0710 e. The number of benzene rings is 2. The zero-order chi connectivity index (χ0) is 14.8. The molecule has 3 aromatic rings. The van der Waals surface area contributed by atoms with Crippen molar-refractivity contribution < 1.29 is 0 Å². The van der Waals surface area contributed by atoms with E-state index >= 15 is 0 Å². The Hall–Kier alpha value is -1.90. The molecule has 0 aliphatic rings. The first-order valence-corrected chi connectivity index (χ1v) is 7.39. The maximum absolute atomic E-state index is 6.40. The lowest BCUT2D eigenvalue weighted by atomic mass is 10.0. The van der Waals surface area contributed by atoms with E-state index in [0.29, 0.717) is 0 Å². The molecule has 0 radical (unpaired) electrons. The number of rotatable bonds is 3. The van der Waals surface area contributed by atoms with Crippen LogP contribution in [0.15, 0.2) is 54.6 Å². The fraction of sp³-hybridized carbons (Fsp3) is 0.167. The van der Waals surface area contributed by atoms with Crippen molar-refractivity contribution in [3.63, 3.8) is 0 Å². The Labute approximate surface area is 129 Å². The zero-order valence-corrected chi connectivity index (χ0v) is 12.9. The van der Waals surface area contributed by atoms with Crippen LogP contribution in [-0.4, -0.2) is 12.0 Å². The van der Waals surface area contributed by atoms with Crippen LogP contribution in [0.25, 0.3) is 22.2 Å². The largest absolute Gasteiger partial charge is 0.313 e. The Kier molecular flexibility index (Phi) is 3.91. The van der Waals surface area contributed by atoms with Gasteiger partial charge in [0, 0.05) is 22.0 Å². The summed E-state index contributed by atoms with van der Waals surface area (Å²) in [6.45, 7) is 2.09. The molecule has 1 unspecified atom stereocenters. The molecule has 0 saturated carbocycles. The lowest BCUT2D eigenvalue weighted by Gasteiger charge is -2.13. The Balaban J connectivity index is 2.04. The molecule has 0 spiro atoms. The van der Waals surface area contributed by atoms with E-state index in [1.54, 1.807) is 0 Å². The standard InChI is InChI=1S/C18H17ClN2/c1-12(20-2)15-9-7-14(11-16(15)19)18-10-8-13-5-3-4-6-17(13)21-18/h3-12,20H,1-2H3. The topological polar surface area (TPSA) is 24.9 Å². The van der Waals surface area contributed by atoms with Crippen molar-refractivity contribution in [1.82, 2.24) is 10.3 Å². The van der Waals surface area contributed by atoms with E-state index < -0.39 is 0 Å². The highest BCUT2D eigenvalue weighted by Gasteiger charge is 2.09. The quantitative estimate of drug-likeness (QED) is 0.748. The second-order valence-electron chi connectivity index (χ2n) is 5.14. The number of pyridine rings is 1. The maximum atomic E-state index is 6.40. The fourth-order valence-electron chi connectivity index (χ4n) is 2.42. The van der Waals surface area contributed by atoms with Gasteiger partial charge in [0.05, 0.1) is 11.2 Å². The van der Waals surface area contributed by atoms with Crippen molar-refractivity contribution >= 4 is 22.5 Å². The van der Waals surface area contributed by atoms with Gasteiger partial charge < -0.3 is 5.32 Å². The summed E-state index contributed by atoms with van der Waals surface area (Å²) in [5, 5.41) is 5.12. The van der Waals surface area contributed by atoms with Crippen molar-refractivity contribution in [2.24, 2.45) is 0 Å². The number of hydrogen-bond acceptors (Lipinski definition) is 2. The van der Waals surface area contributed by atoms with Gasteiger partial charge in [-0.15, -0.1) is 0 Å². The molecule has 1 atom stereocenters. The van der Waals surface area contributed by atoms with Gasteiger partial charge in [0.25, 0.3) is 0 Å². The predicted octanol–water partition coefficient (Wildman–Crippen LogP) is 4.84. The van der Waals surface area contributed by atoms with Crippen LogP contribution in [0, 0.1) is 0 Å². The zero-order valence-electron chi connectivity index (χ0n) is 12.1. The SMILES string of the molecule is CNC(C)c1ccc(-c2ccc3ccccc3n2)cc1Cl. The second kappa shape index (κ2) is 5.84. The average Bonchev–Trinajstić information content (AvgIpc) is 2.53. The number of aromatic nitrogens is 1. The van der Waals surface area contributed by atoms with E-state index in [2.05, 4.69) is 36.5 Å². The Bertz CT molecular complexity index is 783. The van der Waals surface area contributed by atoms with Crippen LogP contribution >= 0.6 is 11.6 Å². The summed E-state index contributed by atoms with van der Waals surface area (Å²) < 4.78 is 0. The van der Waals surface area contributed by atoms with Crippen LogP contribution in [0.1, 0.15) is 18.5 Å². The molecule has 0 amide bonds. The maximum Gasteiger partial charge on any atom is 0.0710 e. The van der Waals surface area contributed by atoms with E-state index in [9.17, 15) is 0 Å². The van der Waals surface area contributed by atoms with Crippen LogP contribution in [0.5, 0.6) is 0 Å². The van der Waals surface area contributed by atoms with Crippen LogP contribution in [-0.2, 0) is 0 Å². The van der Waals surface area contributed by atoms with Crippen LogP contribution in [0.2, 0.25) is 5.02 Å². The summed E-state index contributed by atoms with van der Waals surface area (Å²) in [4.78, 5) is 4.71. The molecule has 2 aromatic carbocycles. The lowest BCUT2D eigenvalue weighted by molar-refractivity contribution is 0.652. The molecule has 1 heterocycles. The van der Waals surface area contributed by atoms with E-state index in [0.717, 1.165) is 32.7 Å². The molecule has 0 aliphatic heterocycles. The third-order valence-electron chi connectivity index (χ3n) is 3.79. The van der Waals surface area contributed by atoms with Gasteiger partial charge in [-0.2, -0.15) is 0 Å². The van der Waals surface area contributed by atoms with Gasteiger partial charge >= 0.3 is 0 Å². The number of hydrogen-bond donors (Lipinski definition) is 1. The van der Waals surface area contributed by atoms with Gasteiger partial charge in [0.1, 0.15) is 0 Å². The molecule has 106 valence electrons. The van der Waals surface area contributed by atoms with E-state index in [-0.39, 0.29) is 6.04 Å². The van der Waals surface area contributed by atoms with E-state index in [1.807, 2.05) is 37.4 Å². The number of halogens is 1. The summed E-state index contributed by atoms with van der Waals surface area (Å²) in [5.74, 6) is 0. The minimum Gasteiger partial charge on any atom is -0.313 e. The predicted molar refractivity (Wildman–Crippen MR) is 89.7 cm³/mol. The first-order valence-electron chi connectivity index (χ1n) is 7.02. The normalized spacial score (nSPS) is 12.5. The summed E-state index contributed by atoms with van der Waals surface area (Å²) in [6, 6.07) is 18.6. The molecule has 1 aromatic heterocycles. The number of nitrogens with zero attached hydrogens (tertiary/aromatic N) is 1. The van der Waals surface area contributed by atoms with Crippen molar-refractivity contribution in [2.45, 2.75) is 13.0 Å². The van der Waals surface area contributed by atoms with Crippen LogP contribution in [0.3, 0.4) is 0 Å². The van der Waals surface area contributed by atoms with E-state index in [4.69, 9.17) is 16.6 Å².